The van der Waals surface area contributed by atoms with Crippen molar-refractivity contribution in [3.63, 3.8) is 0 Å². The van der Waals surface area contributed by atoms with Crippen molar-refractivity contribution >= 4 is 39.4 Å². The van der Waals surface area contributed by atoms with Gasteiger partial charge in [-0.3, -0.25) is 4.98 Å². The number of hydrogen-bond acceptors (Lipinski definition) is 6. The molecule has 174 valence electrons. The van der Waals surface area contributed by atoms with Gasteiger partial charge in [0.1, 0.15) is 11.3 Å². The van der Waals surface area contributed by atoms with E-state index in [2.05, 4.69) is 71.5 Å². The summed E-state index contributed by atoms with van der Waals surface area (Å²) in [6.07, 6.45) is 7.07. The Kier molecular flexibility index (Phi) is 5.99. The number of hydrogen-bond donors (Lipinski definition) is 2. The number of piperidine rings is 1. The first-order chi connectivity index (χ1) is 16.8. The zero-order valence-electron chi connectivity index (χ0n) is 19.2. The minimum absolute atomic E-state index is 0.686. The van der Waals surface area contributed by atoms with Crippen molar-refractivity contribution in [1.29, 1.82) is 0 Å². The van der Waals surface area contributed by atoms with Crippen LogP contribution in [0, 0.1) is 5.92 Å². The average molecular weight is 472 g/mol. The molecule has 6 rings (SSSR count). The van der Waals surface area contributed by atoms with Crippen molar-refractivity contribution in [2.24, 2.45) is 5.92 Å². The third-order valence-electron chi connectivity index (χ3n) is 6.81. The Bertz CT molecular complexity index is 1330. The molecule has 34 heavy (non-hydrogen) atoms. The highest BCUT2D eigenvalue weighted by atomic mass is 32.1. The van der Waals surface area contributed by atoms with E-state index < -0.39 is 0 Å². The van der Waals surface area contributed by atoms with Gasteiger partial charge in [-0.1, -0.05) is 18.2 Å². The minimum atomic E-state index is 0.686. The van der Waals surface area contributed by atoms with Crippen LogP contribution in [0.5, 0.6) is 0 Å². The SMILES string of the molecule is c1csc(Cn2c(CC3CCN(CCNc4nc5cnccc5[nH]4)CC3)nc3ccccc32)c1. The molecule has 5 aromatic rings. The van der Waals surface area contributed by atoms with E-state index >= 15 is 0 Å². The van der Waals surface area contributed by atoms with E-state index in [1.165, 1.54) is 29.1 Å². The molecule has 2 N–H and O–H groups in total. The van der Waals surface area contributed by atoms with Gasteiger partial charge in [0.05, 0.1) is 29.3 Å². The number of benzene rings is 1. The number of nitrogens with one attached hydrogen (secondary N) is 2. The van der Waals surface area contributed by atoms with Crippen LogP contribution in [0.4, 0.5) is 5.95 Å². The molecule has 0 bridgehead atoms. The van der Waals surface area contributed by atoms with Gasteiger partial charge in [0, 0.05) is 30.6 Å². The van der Waals surface area contributed by atoms with Gasteiger partial charge in [0.2, 0.25) is 5.95 Å². The lowest BCUT2D eigenvalue weighted by atomic mass is 9.93. The molecule has 4 aromatic heterocycles. The number of aromatic amines is 1. The van der Waals surface area contributed by atoms with E-state index in [1.54, 1.807) is 12.4 Å². The van der Waals surface area contributed by atoms with Crippen molar-refractivity contribution < 1.29 is 0 Å². The third kappa shape index (κ3) is 4.56. The summed E-state index contributed by atoms with van der Waals surface area (Å²) >= 11 is 1.82. The van der Waals surface area contributed by atoms with Crippen molar-refractivity contribution in [3.05, 3.63) is 70.9 Å². The lowest BCUT2D eigenvalue weighted by Crippen LogP contribution is -2.37. The molecule has 0 unspecified atom stereocenters. The predicted molar refractivity (Wildman–Crippen MR) is 138 cm³/mol. The summed E-state index contributed by atoms with van der Waals surface area (Å²) in [7, 11) is 0. The van der Waals surface area contributed by atoms with Crippen molar-refractivity contribution in [2.45, 2.75) is 25.8 Å². The second-order valence-electron chi connectivity index (χ2n) is 9.08. The predicted octanol–water partition coefficient (Wildman–Crippen LogP) is 4.78. The number of anilines is 1. The van der Waals surface area contributed by atoms with Crippen LogP contribution in [-0.2, 0) is 13.0 Å². The van der Waals surface area contributed by atoms with E-state index in [0.29, 0.717) is 5.92 Å². The van der Waals surface area contributed by atoms with Gasteiger partial charge in [0.15, 0.2) is 0 Å². The number of likely N-dealkylation sites (tertiary alicyclic amines) is 1. The van der Waals surface area contributed by atoms with Gasteiger partial charge >= 0.3 is 0 Å². The molecule has 0 saturated carbocycles. The molecule has 1 saturated heterocycles. The van der Waals surface area contributed by atoms with E-state index in [4.69, 9.17) is 4.98 Å². The summed E-state index contributed by atoms with van der Waals surface area (Å²) in [6.45, 7) is 5.10. The molecule has 0 radical (unpaired) electrons. The van der Waals surface area contributed by atoms with Crippen molar-refractivity contribution in [1.82, 2.24) is 29.4 Å². The zero-order valence-corrected chi connectivity index (χ0v) is 20.0. The molecule has 0 spiro atoms. The standard InChI is InChI=1S/C26H29N7S/c1-2-6-24-22(5-1)29-25(33(24)18-20-4-3-15-34-20)16-19-8-12-32(13-9-19)14-11-28-26-30-21-7-10-27-17-23(21)31-26/h1-7,10,15,17,19H,8-9,11-14,16,18H2,(H2,28,30,31). The highest BCUT2D eigenvalue weighted by Gasteiger charge is 2.22. The van der Waals surface area contributed by atoms with Crippen LogP contribution in [0.2, 0.25) is 0 Å². The lowest BCUT2D eigenvalue weighted by Gasteiger charge is -2.31. The van der Waals surface area contributed by atoms with Gasteiger partial charge in [-0.2, -0.15) is 0 Å². The molecular weight excluding hydrogens is 442 g/mol. The van der Waals surface area contributed by atoms with Crippen molar-refractivity contribution in [2.75, 3.05) is 31.5 Å². The largest absolute Gasteiger partial charge is 0.355 e. The number of fused-ring (bicyclic) bond motifs is 2. The summed E-state index contributed by atoms with van der Waals surface area (Å²) in [6, 6.07) is 14.8. The van der Waals surface area contributed by atoms with Gasteiger partial charge in [-0.25, -0.2) is 9.97 Å². The van der Waals surface area contributed by atoms with Gasteiger partial charge in [-0.15, -0.1) is 11.3 Å². The second-order valence-corrected chi connectivity index (χ2v) is 10.1. The first-order valence-electron chi connectivity index (χ1n) is 12.0. The first-order valence-corrected chi connectivity index (χ1v) is 12.9. The van der Waals surface area contributed by atoms with Gasteiger partial charge in [-0.05, 0) is 61.5 Å². The Hall–Kier alpha value is -3.23. The highest BCUT2D eigenvalue weighted by molar-refractivity contribution is 7.09. The topological polar surface area (TPSA) is 74.7 Å². The zero-order chi connectivity index (χ0) is 22.7. The van der Waals surface area contributed by atoms with Crippen LogP contribution in [0.25, 0.3) is 22.1 Å². The Balaban J connectivity index is 1.04. The maximum absolute atomic E-state index is 5.04. The lowest BCUT2D eigenvalue weighted by molar-refractivity contribution is 0.188. The molecule has 0 aliphatic carbocycles. The maximum Gasteiger partial charge on any atom is 0.201 e. The van der Waals surface area contributed by atoms with Crippen LogP contribution in [0.1, 0.15) is 23.5 Å². The number of aromatic nitrogens is 5. The Morgan fingerprint density at radius 3 is 2.79 bits per heavy atom. The smallest absolute Gasteiger partial charge is 0.201 e. The molecule has 1 aromatic carbocycles. The molecule has 8 heteroatoms. The quantitative estimate of drug-likeness (QED) is 0.341. The summed E-state index contributed by atoms with van der Waals surface area (Å²) in [4.78, 5) is 21.0. The average Bonchev–Trinajstić information content (AvgIpc) is 3.60. The Morgan fingerprint density at radius 1 is 1.03 bits per heavy atom. The Labute approximate surface area is 202 Å². The van der Waals surface area contributed by atoms with Crippen LogP contribution >= 0.6 is 11.3 Å². The molecule has 0 atom stereocenters. The molecule has 1 aliphatic heterocycles. The molecule has 1 aliphatic rings. The molecule has 0 amide bonds. The van der Waals surface area contributed by atoms with Gasteiger partial charge in [0.25, 0.3) is 0 Å². The Morgan fingerprint density at radius 2 is 1.94 bits per heavy atom. The summed E-state index contributed by atoms with van der Waals surface area (Å²) in [5.74, 6) is 2.74. The summed E-state index contributed by atoms with van der Waals surface area (Å²) < 4.78 is 2.43. The van der Waals surface area contributed by atoms with E-state index in [0.717, 1.165) is 61.6 Å². The summed E-state index contributed by atoms with van der Waals surface area (Å²) in [5, 5.41) is 5.58. The summed E-state index contributed by atoms with van der Waals surface area (Å²) in [5.41, 5.74) is 4.27. The third-order valence-corrected chi connectivity index (χ3v) is 7.67. The maximum atomic E-state index is 5.04. The monoisotopic (exact) mass is 471 g/mol. The van der Waals surface area contributed by atoms with E-state index in [-0.39, 0.29) is 0 Å². The normalized spacial score (nSPS) is 15.4. The molecule has 1 fully saturated rings. The number of thiophene rings is 1. The number of para-hydroxylation sites is 2. The van der Waals surface area contributed by atoms with Crippen LogP contribution in [-0.4, -0.2) is 55.6 Å². The molecule has 7 nitrogen and oxygen atoms in total. The highest BCUT2D eigenvalue weighted by Crippen LogP contribution is 2.26. The van der Waals surface area contributed by atoms with Crippen LogP contribution in [0.3, 0.4) is 0 Å². The number of imidazole rings is 2. The van der Waals surface area contributed by atoms with Crippen LogP contribution < -0.4 is 5.32 Å². The minimum Gasteiger partial charge on any atom is -0.355 e. The van der Waals surface area contributed by atoms with E-state index in [9.17, 15) is 0 Å². The first kappa shape index (κ1) is 21.3. The fourth-order valence-electron chi connectivity index (χ4n) is 4.96. The van der Waals surface area contributed by atoms with Gasteiger partial charge < -0.3 is 19.8 Å². The van der Waals surface area contributed by atoms with E-state index in [1.807, 2.05) is 17.4 Å². The number of nitrogens with zero attached hydrogens (tertiary/aromatic N) is 5. The fraction of sp³-hybridized carbons (Fsp3) is 0.346. The second kappa shape index (κ2) is 9.56. The number of pyridine rings is 1. The van der Waals surface area contributed by atoms with Crippen LogP contribution in [0.15, 0.2) is 60.2 Å². The number of rotatable bonds is 8. The molecule has 5 heterocycles. The van der Waals surface area contributed by atoms with Crippen molar-refractivity contribution in [3.8, 4) is 0 Å². The molecular formula is C26H29N7S. The number of H-pyrrole nitrogens is 1. The fourth-order valence-corrected chi connectivity index (χ4v) is 5.65.